The third-order valence-corrected chi connectivity index (χ3v) is 8.90. The van der Waals surface area contributed by atoms with E-state index in [2.05, 4.69) is 46.8 Å². The van der Waals surface area contributed by atoms with Crippen LogP contribution in [0, 0.1) is 5.92 Å². The van der Waals surface area contributed by atoms with Gasteiger partial charge < -0.3 is 30.5 Å². The Morgan fingerprint density at radius 3 is 2.57 bits per heavy atom. The zero-order valence-electron chi connectivity index (χ0n) is 27.8. The van der Waals surface area contributed by atoms with Crippen molar-refractivity contribution in [3.05, 3.63) is 53.7 Å². The number of likely N-dealkylation sites (tertiary alicyclic amines) is 1. The summed E-state index contributed by atoms with van der Waals surface area (Å²) in [5.41, 5.74) is 3.58. The van der Waals surface area contributed by atoms with Crippen molar-refractivity contribution in [2.45, 2.75) is 77.0 Å². The van der Waals surface area contributed by atoms with E-state index in [4.69, 9.17) is 14.7 Å². The van der Waals surface area contributed by atoms with Crippen molar-refractivity contribution in [1.82, 2.24) is 34.7 Å². The normalized spacial score (nSPS) is 19.5. The van der Waals surface area contributed by atoms with E-state index < -0.39 is 0 Å². The number of piperidine rings is 1. The number of anilines is 2. The predicted molar refractivity (Wildman–Crippen MR) is 180 cm³/mol. The van der Waals surface area contributed by atoms with Gasteiger partial charge in [-0.15, -0.1) is 0 Å². The number of ether oxygens (including phenoxy) is 1. The lowest BCUT2D eigenvalue weighted by Gasteiger charge is -2.28. The number of nitrogens with one attached hydrogen (secondary N) is 3. The van der Waals surface area contributed by atoms with Crippen LogP contribution in [0.3, 0.4) is 0 Å². The SMILES string of the molecule is CC(C)c1cnn2c(NCc3cccc(NC(=O)C4CCC(NCC=CC(=O)N(C)C)CC4)c3)nc(OC3CCN(C)CC3)nc12. The molecule has 1 aromatic carbocycles. The molecule has 0 bridgehead atoms. The van der Waals surface area contributed by atoms with Gasteiger partial charge in [-0.05, 0) is 69.2 Å². The van der Waals surface area contributed by atoms with Crippen LogP contribution in [0.5, 0.6) is 6.01 Å². The van der Waals surface area contributed by atoms with Crippen molar-refractivity contribution in [3.8, 4) is 6.01 Å². The Kier molecular flexibility index (Phi) is 11.2. The summed E-state index contributed by atoms with van der Waals surface area (Å²) >= 11 is 0. The summed E-state index contributed by atoms with van der Waals surface area (Å²) in [5.74, 6) is 0.849. The lowest BCUT2D eigenvalue weighted by molar-refractivity contribution is -0.123. The van der Waals surface area contributed by atoms with E-state index in [-0.39, 0.29) is 29.8 Å². The fourth-order valence-corrected chi connectivity index (χ4v) is 5.99. The molecule has 12 nitrogen and oxygen atoms in total. The summed E-state index contributed by atoms with van der Waals surface area (Å²) in [6.45, 7) is 7.38. The van der Waals surface area contributed by atoms with Gasteiger partial charge in [-0.25, -0.2) is 0 Å². The van der Waals surface area contributed by atoms with Crippen molar-refractivity contribution in [2.75, 3.05) is 51.4 Å². The standard InChI is InChI=1S/C34H49N9O3/c1-23(2)29-22-37-43-31(29)39-34(46-28-15-18-42(5)19-16-28)40-33(43)36-21-24-8-6-9-27(20-24)38-32(45)25-11-13-26(14-12-25)35-17-7-10-30(44)41(3)4/h6-10,20,22-23,25-26,28,35H,11-19,21H2,1-5H3,(H,38,45)(H,36,39,40). The van der Waals surface area contributed by atoms with E-state index in [1.165, 1.54) is 0 Å². The molecule has 2 aromatic heterocycles. The minimum atomic E-state index is -0.0198. The molecular weight excluding hydrogens is 582 g/mol. The number of fused-ring (bicyclic) bond motifs is 1. The number of carbonyl (C=O) groups excluding carboxylic acids is 2. The largest absolute Gasteiger partial charge is 0.460 e. The number of carbonyl (C=O) groups is 2. The summed E-state index contributed by atoms with van der Waals surface area (Å²) < 4.78 is 8.02. The molecule has 1 saturated heterocycles. The number of aromatic nitrogens is 4. The van der Waals surface area contributed by atoms with Crippen LogP contribution in [0.2, 0.25) is 0 Å². The molecule has 0 unspecified atom stereocenters. The van der Waals surface area contributed by atoms with E-state index in [0.29, 0.717) is 31.1 Å². The summed E-state index contributed by atoms with van der Waals surface area (Å²) in [5, 5.41) is 14.6. The van der Waals surface area contributed by atoms with Crippen molar-refractivity contribution >= 4 is 29.1 Å². The molecule has 3 N–H and O–H groups in total. The Morgan fingerprint density at radius 1 is 1.09 bits per heavy atom. The molecule has 1 aliphatic carbocycles. The van der Waals surface area contributed by atoms with Crippen LogP contribution >= 0.6 is 0 Å². The maximum Gasteiger partial charge on any atom is 0.322 e. The molecule has 2 aliphatic rings. The molecule has 1 saturated carbocycles. The second-order valence-electron chi connectivity index (χ2n) is 13.1. The first-order chi connectivity index (χ1) is 22.2. The number of hydrogen-bond acceptors (Lipinski definition) is 9. The van der Waals surface area contributed by atoms with E-state index in [1.807, 2.05) is 36.5 Å². The van der Waals surface area contributed by atoms with Crippen molar-refractivity contribution < 1.29 is 14.3 Å². The predicted octanol–water partition coefficient (Wildman–Crippen LogP) is 4.06. The fraction of sp³-hybridized carbons (Fsp3) is 0.559. The van der Waals surface area contributed by atoms with Gasteiger partial charge in [0.1, 0.15) is 6.10 Å². The van der Waals surface area contributed by atoms with Crippen LogP contribution in [-0.2, 0) is 16.1 Å². The van der Waals surface area contributed by atoms with Gasteiger partial charge in [0.15, 0.2) is 5.65 Å². The molecule has 12 heteroatoms. The van der Waals surface area contributed by atoms with Crippen LogP contribution < -0.4 is 20.7 Å². The van der Waals surface area contributed by atoms with Crippen molar-refractivity contribution in [2.24, 2.45) is 5.92 Å². The topological polar surface area (TPSA) is 129 Å². The molecule has 5 rings (SSSR count). The monoisotopic (exact) mass is 631 g/mol. The summed E-state index contributed by atoms with van der Waals surface area (Å²) in [6.07, 6.45) is 10.8. The third-order valence-electron chi connectivity index (χ3n) is 8.90. The first-order valence-electron chi connectivity index (χ1n) is 16.5. The van der Waals surface area contributed by atoms with Gasteiger partial charge in [0.25, 0.3) is 0 Å². The Morgan fingerprint density at radius 2 is 1.85 bits per heavy atom. The fourth-order valence-electron chi connectivity index (χ4n) is 5.99. The number of likely N-dealkylation sites (N-methyl/N-ethyl adjacent to an activating group) is 1. The first kappa shape index (κ1) is 33.3. The molecular formula is C34H49N9O3. The minimum Gasteiger partial charge on any atom is -0.460 e. The Hall–Kier alpha value is -4.03. The van der Waals surface area contributed by atoms with Crippen molar-refractivity contribution in [1.29, 1.82) is 0 Å². The third kappa shape index (κ3) is 8.82. The molecule has 3 aromatic rings. The average molecular weight is 632 g/mol. The Labute approximate surface area is 272 Å². The molecule has 0 spiro atoms. The number of nitrogens with zero attached hydrogens (tertiary/aromatic N) is 6. The molecule has 0 radical (unpaired) electrons. The lowest BCUT2D eigenvalue weighted by Crippen LogP contribution is -2.36. The van der Waals surface area contributed by atoms with Gasteiger partial charge in [0.2, 0.25) is 17.8 Å². The quantitative estimate of drug-likeness (QED) is 0.254. The number of amides is 2. The van der Waals surface area contributed by atoms with Crippen LogP contribution in [0.4, 0.5) is 11.6 Å². The summed E-state index contributed by atoms with van der Waals surface area (Å²) in [7, 11) is 5.61. The van der Waals surface area contributed by atoms with Crippen LogP contribution in [0.25, 0.3) is 5.65 Å². The van der Waals surface area contributed by atoms with Crippen molar-refractivity contribution in [3.63, 3.8) is 0 Å². The maximum atomic E-state index is 13.1. The maximum absolute atomic E-state index is 13.1. The van der Waals surface area contributed by atoms with Crippen LogP contribution in [0.1, 0.15) is 69.4 Å². The molecule has 2 amide bonds. The second-order valence-corrected chi connectivity index (χ2v) is 13.1. The molecule has 2 fully saturated rings. The number of hydrogen-bond donors (Lipinski definition) is 3. The van der Waals surface area contributed by atoms with Gasteiger partial charge >= 0.3 is 6.01 Å². The lowest BCUT2D eigenvalue weighted by atomic mass is 9.85. The average Bonchev–Trinajstić information content (AvgIpc) is 3.48. The van der Waals surface area contributed by atoms with Gasteiger partial charge in [0, 0.05) is 69.6 Å². The Bertz CT molecular complexity index is 1500. The highest BCUT2D eigenvalue weighted by Gasteiger charge is 2.26. The minimum absolute atomic E-state index is 0.0158. The van der Waals surface area contributed by atoms with Crippen LogP contribution in [0.15, 0.2) is 42.6 Å². The van der Waals surface area contributed by atoms with Gasteiger partial charge in [-0.2, -0.15) is 19.6 Å². The molecule has 3 heterocycles. The van der Waals surface area contributed by atoms with E-state index >= 15 is 0 Å². The highest BCUT2D eigenvalue weighted by molar-refractivity contribution is 5.92. The zero-order chi connectivity index (χ0) is 32.6. The van der Waals surface area contributed by atoms with Gasteiger partial charge in [-0.1, -0.05) is 32.1 Å². The zero-order valence-corrected chi connectivity index (χ0v) is 27.8. The van der Waals surface area contributed by atoms with E-state index in [9.17, 15) is 9.59 Å². The summed E-state index contributed by atoms with van der Waals surface area (Å²) in [6, 6.07) is 8.63. The number of rotatable bonds is 12. The Balaban J connectivity index is 1.16. The smallest absolute Gasteiger partial charge is 0.322 e. The van der Waals surface area contributed by atoms with E-state index in [0.717, 1.165) is 74.1 Å². The number of benzene rings is 1. The second kappa shape index (κ2) is 15.5. The molecule has 0 atom stereocenters. The summed E-state index contributed by atoms with van der Waals surface area (Å²) in [4.78, 5) is 38.2. The van der Waals surface area contributed by atoms with E-state index in [1.54, 1.807) is 29.6 Å². The molecule has 46 heavy (non-hydrogen) atoms. The first-order valence-corrected chi connectivity index (χ1v) is 16.5. The van der Waals surface area contributed by atoms with Gasteiger partial charge in [0.05, 0.1) is 6.20 Å². The highest BCUT2D eigenvalue weighted by Crippen LogP contribution is 2.27. The van der Waals surface area contributed by atoms with Crippen LogP contribution in [-0.4, -0.2) is 94.1 Å². The molecule has 248 valence electrons. The molecule has 1 aliphatic heterocycles. The highest BCUT2D eigenvalue weighted by atomic mass is 16.5. The van der Waals surface area contributed by atoms with Gasteiger partial charge in [-0.3, -0.25) is 9.59 Å².